The van der Waals surface area contributed by atoms with E-state index in [-0.39, 0.29) is 5.56 Å². The van der Waals surface area contributed by atoms with E-state index < -0.39 is 0 Å². The molecule has 3 rings (SSSR count). The van der Waals surface area contributed by atoms with E-state index in [0.29, 0.717) is 18.5 Å². The van der Waals surface area contributed by atoms with Gasteiger partial charge in [0.05, 0.1) is 24.1 Å². The maximum atomic E-state index is 12.4. The lowest BCUT2D eigenvalue weighted by Gasteiger charge is -2.04. The lowest BCUT2D eigenvalue weighted by Crippen LogP contribution is -2.17. The maximum Gasteiger partial charge on any atom is 0.274 e. The molecule has 2 aromatic carbocycles. The molecule has 114 valence electrons. The number of hydrogen-bond donors (Lipinski definition) is 1. The zero-order chi connectivity index (χ0) is 15.4. The monoisotopic (exact) mass is 296 g/mol. The van der Waals surface area contributed by atoms with Crippen LogP contribution in [-0.4, -0.2) is 16.4 Å². The molecule has 22 heavy (non-hydrogen) atoms. The smallest absolute Gasteiger partial charge is 0.274 e. The fraction of sp³-hybridized carbons (Fsp3) is 0.278. The lowest BCUT2D eigenvalue weighted by molar-refractivity contribution is 0.310. The van der Waals surface area contributed by atoms with E-state index >= 15 is 0 Å². The molecule has 3 aromatic rings. The number of unbranched alkanes of at least 4 members (excludes halogenated alkanes) is 1. The van der Waals surface area contributed by atoms with Crippen molar-refractivity contribution in [3.63, 3.8) is 0 Å². The minimum absolute atomic E-state index is 0.000962. The van der Waals surface area contributed by atoms with Gasteiger partial charge in [-0.1, -0.05) is 43.7 Å². The number of rotatable bonds is 6. The third-order valence-electron chi connectivity index (χ3n) is 3.67. The highest BCUT2D eigenvalue weighted by molar-refractivity contribution is 5.79. The molecule has 0 amide bonds. The van der Waals surface area contributed by atoms with Gasteiger partial charge >= 0.3 is 0 Å². The van der Waals surface area contributed by atoms with Gasteiger partial charge in [-0.25, -0.2) is 4.68 Å². The number of nitrogens with one attached hydrogen (secondary N) is 1. The van der Waals surface area contributed by atoms with Gasteiger partial charge in [0.1, 0.15) is 5.75 Å². The summed E-state index contributed by atoms with van der Waals surface area (Å²) in [5, 5.41) is 3.86. The second-order valence-corrected chi connectivity index (χ2v) is 5.40. The first-order valence-corrected chi connectivity index (χ1v) is 7.67. The first kappa shape index (κ1) is 14.4. The molecular weight excluding hydrogens is 276 g/mol. The largest absolute Gasteiger partial charge is 0.494 e. The van der Waals surface area contributed by atoms with Crippen LogP contribution in [0.3, 0.4) is 0 Å². The minimum atomic E-state index is -0.000962. The fourth-order valence-electron chi connectivity index (χ4n) is 2.45. The summed E-state index contributed by atoms with van der Waals surface area (Å²) in [6, 6.07) is 15.5. The Hall–Kier alpha value is -2.49. The van der Waals surface area contributed by atoms with E-state index in [4.69, 9.17) is 4.74 Å². The molecule has 0 aliphatic rings. The van der Waals surface area contributed by atoms with Crippen molar-refractivity contribution in [2.45, 2.75) is 26.3 Å². The van der Waals surface area contributed by atoms with Crippen LogP contribution in [0.5, 0.6) is 5.75 Å². The summed E-state index contributed by atoms with van der Waals surface area (Å²) in [5.41, 5.74) is 1.91. The molecule has 0 saturated heterocycles. The van der Waals surface area contributed by atoms with Gasteiger partial charge in [-0.2, -0.15) is 0 Å². The van der Waals surface area contributed by atoms with Crippen LogP contribution in [0.15, 0.2) is 53.3 Å². The first-order chi connectivity index (χ1) is 10.8. The number of fused-ring (bicyclic) bond motifs is 1. The number of nitrogens with zero attached hydrogens (tertiary/aromatic N) is 1. The van der Waals surface area contributed by atoms with Crippen molar-refractivity contribution in [3.8, 4) is 5.75 Å². The van der Waals surface area contributed by atoms with Crippen LogP contribution in [-0.2, 0) is 6.54 Å². The van der Waals surface area contributed by atoms with E-state index in [0.717, 1.165) is 29.7 Å². The van der Waals surface area contributed by atoms with Gasteiger partial charge in [-0.05, 0) is 24.1 Å². The van der Waals surface area contributed by atoms with Crippen LogP contribution in [0.2, 0.25) is 0 Å². The summed E-state index contributed by atoms with van der Waals surface area (Å²) in [6.45, 7) is 3.38. The molecule has 0 radical (unpaired) electrons. The summed E-state index contributed by atoms with van der Waals surface area (Å²) in [6.07, 6.45) is 2.14. The minimum Gasteiger partial charge on any atom is -0.494 e. The Balaban J connectivity index is 1.86. The Kier molecular flexibility index (Phi) is 4.28. The van der Waals surface area contributed by atoms with E-state index in [1.807, 2.05) is 48.5 Å². The Labute approximate surface area is 129 Å². The van der Waals surface area contributed by atoms with Gasteiger partial charge < -0.3 is 4.74 Å². The molecule has 4 nitrogen and oxygen atoms in total. The van der Waals surface area contributed by atoms with E-state index in [1.165, 1.54) is 0 Å². The SMILES string of the molecule is CCCCOc1ccc2c(=O)n(Cc3ccccc3)[nH]c2c1. The highest BCUT2D eigenvalue weighted by atomic mass is 16.5. The number of hydrogen-bond acceptors (Lipinski definition) is 2. The summed E-state index contributed by atoms with van der Waals surface area (Å²) in [7, 11) is 0. The second kappa shape index (κ2) is 6.52. The van der Waals surface area contributed by atoms with Crippen LogP contribution >= 0.6 is 0 Å². The Morgan fingerprint density at radius 2 is 1.95 bits per heavy atom. The van der Waals surface area contributed by atoms with Crippen molar-refractivity contribution in [1.29, 1.82) is 0 Å². The van der Waals surface area contributed by atoms with Crippen molar-refractivity contribution in [1.82, 2.24) is 9.78 Å². The van der Waals surface area contributed by atoms with Gasteiger partial charge in [0.15, 0.2) is 0 Å². The summed E-state index contributed by atoms with van der Waals surface area (Å²) in [5.74, 6) is 0.800. The average Bonchev–Trinajstić information content (AvgIpc) is 2.84. The summed E-state index contributed by atoms with van der Waals surface area (Å²) in [4.78, 5) is 12.4. The van der Waals surface area contributed by atoms with Gasteiger partial charge in [-0.15, -0.1) is 0 Å². The molecule has 0 unspecified atom stereocenters. The standard InChI is InChI=1S/C18H20N2O2/c1-2-3-11-22-15-9-10-16-17(12-15)19-20(18(16)21)13-14-7-5-4-6-8-14/h4-10,12,19H,2-3,11,13H2,1H3. The molecule has 1 heterocycles. The highest BCUT2D eigenvalue weighted by Gasteiger charge is 2.08. The van der Waals surface area contributed by atoms with E-state index in [2.05, 4.69) is 12.0 Å². The molecule has 0 bridgehead atoms. The predicted octanol–water partition coefficient (Wildman–Crippen LogP) is 3.56. The Morgan fingerprint density at radius 1 is 1.14 bits per heavy atom. The van der Waals surface area contributed by atoms with Crippen molar-refractivity contribution in [2.24, 2.45) is 0 Å². The van der Waals surface area contributed by atoms with Crippen LogP contribution < -0.4 is 10.3 Å². The fourth-order valence-corrected chi connectivity index (χ4v) is 2.45. The zero-order valence-electron chi connectivity index (χ0n) is 12.7. The first-order valence-electron chi connectivity index (χ1n) is 7.67. The average molecular weight is 296 g/mol. The molecule has 0 fully saturated rings. The number of aromatic amines is 1. The molecule has 4 heteroatoms. The molecule has 0 aliphatic heterocycles. The van der Waals surface area contributed by atoms with Gasteiger partial charge in [0, 0.05) is 6.07 Å². The molecule has 0 saturated carbocycles. The number of benzene rings is 2. The van der Waals surface area contributed by atoms with Crippen molar-refractivity contribution < 1.29 is 4.74 Å². The van der Waals surface area contributed by atoms with Gasteiger partial charge in [0.25, 0.3) is 5.56 Å². The van der Waals surface area contributed by atoms with E-state index in [1.54, 1.807) is 4.68 Å². The topological polar surface area (TPSA) is 47.0 Å². The zero-order valence-corrected chi connectivity index (χ0v) is 12.7. The van der Waals surface area contributed by atoms with Crippen LogP contribution in [0.25, 0.3) is 10.9 Å². The molecule has 1 aromatic heterocycles. The van der Waals surface area contributed by atoms with Crippen LogP contribution in [0.1, 0.15) is 25.3 Å². The predicted molar refractivity (Wildman–Crippen MR) is 88.5 cm³/mol. The normalized spacial score (nSPS) is 11.0. The van der Waals surface area contributed by atoms with Gasteiger partial charge in [0.2, 0.25) is 0 Å². The van der Waals surface area contributed by atoms with Crippen LogP contribution in [0.4, 0.5) is 0 Å². The van der Waals surface area contributed by atoms with Crippen LogP contribution in [0, 0.1) is 0 Å². The molecule has 1 N–H and O–H groups in total. The molecule has 0 atom stereocenters. The maximum absolute atomic E-state index is 12.4. The van der Waals surface area contributed by atoms with E-state index in [9.17, 15) is 4.79 Å². The number of aromatic nitrogens is 2. The third kappa shape index (κ3) is 3.06. The van der Waals surface area contributed by atoms with Gasteiger partial charge in [-0.3, -0.25) is 9.89 Å². The number of ether oxygens (including phenoxy) is 1. The highest BCUT2D eigenvalue weighted by Crippen LogP contribution is 2.17. The molecular formula is C18H20N2O2. The second-order valence-electron chi connectivity index (χ2n) is 5.40. The third-order valence-corrected chi connectivity index (χ3v) is 3.67. The van der Waals surface area contributed by atoms with Crippen molar-refractivity contribution in [2.75, 3.05) is 6.61 Å². The summed E-state index contributed by atoms with van der Waals surface area (Å²) >= 11 is 0. The Bertz CT molecular complexity index is 803. The Morgan fingerprint density at radius 3 is 2.73 bits per heavy atom. The molecule has 0 aliphatic carbocycles. The lowest BCUT2D eigenvalue weighted by atomic mass is 10.2. The molecule has 0 spiro atoms. The summed E-state index contributed by atoms with van der Waals surface area (Å²) < 4.78 is 7.33. The quantitative estimate of drug-likeness (QED) is 0.707. The van der Waals surface area contributed by atoms with Crippen molar-refractivity contribution in [3.05, 3.63) is 64.4 Å². The van der Waals surface area contributed by atoms with Crippen molar-refractivity contribution >= 4 is 10.9 Å². The number of H-pyrrole nitrogens is 1.